The molecule has 1 aromatic heterocycles. The van der Waals surface area contributed by atoms with Crippen molar-refractivity contribution in [1.29, 1.82) is 0 Å². The van der Waals surface area contributed by atoms with Crippen LogP contribution in [0, 0.1) is 0 Å². The van der Waals surface area contributed by atoms with E-state index in [1.807, 2.05) is 11.8 Å². The fourth-order valence-corrected chi connectivity index (χ4v) is 3.43. The molecule has 0 fully saturated rings. The van der Waals surface area contributed by atoms with Crippen LogP contribution in [0.1, 0.15) is 46.0 Å². The molecule has 5 heteroatoms. The van der Waals surface area contributed by atoms with E-state index in [9.17, 15) is 0 Å². The van der Waals surface area contributed by atoms with E-state index in [0.717, 1.165) is 42.4 Å². The van der Waals surface area contributed by atoms with Crippen molar-refractivity contribution in [2.75, 3.05) is 12.3 Å². The van der Waals surface area contributed by atoms with Crippen LogP contribution in [0.5, 0.6) is 0 Å². The van der Waals surface area contributed by atoms with Gasteiger partial charge in [-0.3, -0.25) is 4.68 Å². The molecule has 0 saturated heterocycles. The highest BCUT2D eigenvalue weighted by atomic mass is 35.5. The minimum absolute atomic E-state index is 0.455. The average Bonchev–Trinajstić information content (AvgIpc) is 2.72. The van der Waals surface area contributed by atoms with Gasteiger partial charge in [-0.25, -0.2) is 0 Å². The first kappa shape index (κ1) is 17.9. The summed E-state index contributed by atoms with van der Waals surface area (Å²) in [5, 5.41) is 9.71. The first-order valence-corrected chi connectivity index (χ1v) is 9.05. The fourth-order valence-electron chi connectivity index (χ4n) is 2.23. The molecule has 0 aliphatic heterocycles. The normalized spacial score (nSPS) is 13.2. The summed E-state index contributed by atoms with van der Waals surface area (Å²) in [4.78, 5) is 0. The quantitative estimate of drug-likeness (QED) is 0.751. The van der Waals surface area contributed by atoms with Crippen LogP contribution in [-0.2, 0) is 19.4 Å². The second kappa shape index (κ2) is 8.96. The van der Waals surface area contributed by atoms with Crippen LogP contribution in [0.25, 0.3) is 0 Å². The molecule has 0 saturated carbocycles. The first-order valence-electron chi connectivity index (χ1n) is 7.62. The van der Waals surface area contributed by atoms with Crippen LogP contribution in [0.2, 0.25) is 5.02 Å². The molecular weight excluding hydrogens is 290 g/mol. The molecule has 1 heterocycles. The summed E-state index contributed by atoms with van der Waals surface area (Å²) < 4.78 is 2.06. The van der Waals surface area contributed by atoms with Crippen molar-refractivity contribution in [3.05, 3.63) is 16.4 Å². The Labute approximate surface area is 132 Å². The molecule has 1 atom stereocenters. The van der Waals surface area contributed by atoms with E-state index in [1.54, 1.807) is 0 Å². The van der Waals surface area contributed by atoms with Crippen LogP contribution in [0.3, 0.4) is 0 Å². The number of nitrogens with one attached hydrogen (secondary N) is 1. The molecule has 0 spiro atoms. The Balaban J connectivity index is 2.83. The smallest absolute Gasteiger partial charge is 0.0850 e. The first-order chi connectivity index (χ1) is 9.53. The molecule has 0 aromatic carbocycles. The SMILES string of the molecule is CCNC(CSC(C)C)Cc1c(Cl)c(CC)nn1CC. The zero-order valence-corrected chi connectivity index (χ0v) is 14.9. The summed E-state index contributed by atoms with van der Waals surface area (Å²) >= 11 is 8.49. The van der Waals surface area contributed by atoms with Crippen LogP contribution < -0.4 is 5.32 Å². The Hall–Kier alpha value is -0.190. The standard InChI is InChI=1S/C15H28ClN3S/c1-6-13-15(16)14(19(8-3)18-13)9-12(17-7-2)10-20-11(4)5/h11-12,17H,6-10H2,1-5H3. The van der Waals surface area contributed by atoms with Crippen molar-refractivity contribution in [3.63, 3.8) is 0 Å². The number of halogens is 1. The number of aryl methyl sites for hydroxylation is 2. The highest BCUT2D eigenvalue weighted by Gasteiger charge is 2.18. The Kier molecular flexibility index (Phi) is 8.00. The monoisotopic (exact) mass is 317 g/mol. The minimum atomic E-state index is 0.455. The topological polar surface area (TPSA) is 29.9 Å². The lowest BCUT2D eigenvalue weighted by Crippen LogP contribution is -2.34. The second-order valence-corrected chi connectivity index (χ2v) is 7.20. The minimum Gasteiger partial charge on any atom is -0.313 e. The summed E-state index contributed by atoms with van der Waals surface area (Å²) in [5.41, 5.74) is 2.21. The van der Waals surface area contributed by atoms with Gasteiger partial charge in [-0.05, 0) is 25.1 Å². The molecule has 116 valence electrons. The molecule has 1 unspecified atom stereocenters. The Bertz CT molecular complexity index is 404. The lowest BCUT2D eigenvalue weighted by molar-refractivity contribution is 0.532. The molecule has 1 aromatic rings. The van der Waals surface area contributed by atoms with Crippen molar-refractivity contribution in [2.45, 2.75) is 65.3 Å². The largest absolute Gasteiger partial charge is 0.313 e. The van der Waals surface area contributed by atoms with Gasteiger partial charge < -0.3 is 5.32 Å². The maximum atomic E-state index is 6.50. The molecule has 0 aliphatic rings. The van der Waals surface area contributed by atoms with Gasteiger partial charge in [-0.15, -0.1) is 0 Å². The summed E-state index contributed by atoms with van der Waals surface area (Å²) in [6.07, 6.45) is 1.85. The molecule has 1 rings (SSSR count). The number of thioether (sulfide) groups is 1. The maximum absolute atomic E-state index is 6.50. The second-order valence-electron chi connectivity index (χ2n) is 5.22. The number of rotatable bonds is 9. The number of hydrogen-bond acceptors (Lipinski definition) is 3. The van der Waals surface area contributed by atoms with Crippen molar-refractivity contribution >= 4 is 23.4 Å². The van der Waals surface area contributed by atoms with E-state index in [4.69, 9.17) is 11.6 Å². The summed E-state index contributed by atoms with van der Waals surface area (Å²) in [7, 11) is 0. The maximum Gasteiger partial charge on any atom is 0.0850 e. The molecular formula is C15H28ClN3S. The zero-order valence-electron chi connectivity index (χ0n) is 13.4. The third-order valence-corrected chi connectivity index (χ3v) is 4.96. The van der Waals surface area contributed by atoms with E-state index in [-0.39, 0.29) is 0 Å². The third kappa shape index (κ3) is 4.97. The Morgan fingerprint density at radius 3 is 2.50 bits per heavy atom. The molecule has 1 N–H and O–H groups in total. The molecule has 3 nitrogen and oxygen atoms in total. The Morgan fingerprint density at radius 1 is 1.30 bits per heavy atom. The average molecular weight is 318 g/mol. The number of nitrogens with zero attached hydrogens (tertiary/aromatic N) is 2. The van der Waals surface area contributed by atoms with E-state index in [1.165, 1.54) is 5.69 Å². The number of aromatic nitrogens is 2. The summed E-state index contributed by atoms with van der Waals surface area (Å²) in [5.74, 6) is 1.11. The van der Waals surface area contributed by atoms with E-state index >= 15 is 0 Å². The van der Waals surface area contributed by atoms with Gasteiger partial charge in [-0.2, -0.15) is 16.9 Å². The number of hydrogen-bond donors (Lipinski definition) is 1. The van der Waals surface area contributed by atoms with Gasteiger partial charge in [0.05, 0.1) is 16.4 Å². The van der Waals surface area contributed by atoms with Gasteiger partial charge in [-0.1, -0.05) is 39.3 Å². The van der Waals surface area contributed by atoms with Gasteiger partial charge in [0.25, 0.3) is 0 Å². The van der Waals surface area contributed by atoms with Crippen molar-refractivity contribution in [3.8, 4) is 0 Å². The fraction of sp³-hybridized carbons (Fsp3) is 0.800. The molecule has 0 radical (unpaired) electrons. The van der Waals surface area contributed by atoms with Crippen LogP contribution >= 0.6 is 23.4 Å². The lowest BCUT2D eigenvalue weighted by Gasteiger charge is -2.19. The zero-order chi connectivity index (χ0) is 15.1. The summed E-state index contributed by atoms with van der Waals surface area (Å²) in [6, 6.07) is 0.455. The van der Waals surface area contributed by atoms with E-state index in [2.05, 4.69) is 49.7 Å². The van der Waals surface area contributed by atoms with Crippen molar-refractivity contribution < 1.29 is 0 Å². The molecule has 0 amide bonds. The number of likely N-dealkylation sites (N-methyl/N-ethyl adjacent to an activating group) is 1. The summed E-state index contributed by atoms with van der Waals surface area (Å²) in [6.45, 7) is 12.7. The lowest BCUT2D eigenvalue weighted by atomic mass is 10.1. The van der Waals surface area contributed by atoms with E-state index in [0.29, 0.717) is 11.3 Å². The molecule has 0 bridgehead atoms. The van der Waals surface area contributed by atoms with Gasteiger partial charge in [0, 0.05) is 24.8 Å². The van der Waals surface area contributed by atoms with E-state index < -0.39 is 0 Å². The predicted octanol–water partition coefficient (Wildman–Crippen LogP) is 3.78. The van der Waals surface area contributed by atoms with Gasteiger partial charge in [0.2, 0.25) is 0 Å². The third-order valence-electron chi connectivity index (χ3n) is 3.26. The van der Waals surface area contributed by atoms with Crippen LogP contribution in [0.15, 0.2) is 0 Å². The highest BCUT2D eigenvalue weighted by Crippen LogP contribution is 2.24. The van der Waals surface area contributed by atoms with Crippen molar-refractivity contribution in [2.24, 2.45) is 0 Å². The van der Waals surface area contributed by atoms with Gasteiger partial charge >= 0.3 is 0 Å². The van der Waals surface area contributed by atoms with Crippen LogP contribution in [0.4, 0.5) is 0 Å². The molecule has 20 heavy (non-hydrogen) atoms. The predicted molar refractivity (Wildman–Crippen MR) is 91.1 cm³/mol. The van der Waals surface area contributed by atoms with Crippen LogP contribution in [-0.4, -0.2) is 33.4 Å². The van der Waals surface area contributed by atoms with Gasteiger partial charge in [0.1, 0.15) is 0 Å². The Morgan fingerprint density at radius 2 is 2.00 bits per heavy atom. The van der Waals surface area contributed by atoms with Gasteiger partial charge in [0.15, 0.2) is 0 Å². The molecule has 0 aliphatic carbocycles. The van der Waals surface area contributed by atoms with Crippen molar-refractivity contribution in [1.82, 2.24) is 15.1 Å². The highest BCUT2D eigenvalue weighted by molar-refractivity contribution is 7.99.